The molecule has 1 unspecified atom stereocenters. The van der Waals surface area contributed by atoms with Crippen LogP contribution >= 0.6 is 0 Å². The number of fused-ring (bicyclic) bond motifs is 1. The van der Waals surface area contributed by atoms with Crippen molar-refractivity contribution in [3.8, 4) is 0 Å². The summed E-state index contributed by atoms with van der Waals surface area (Å²) < 4.78 is 6.77. The van der Waals surface area contributed by atoms with E-state index in [0.717, 1.165) is 23.9 Å². The van der Waals surface area contributed by atoms with Crippen molar-refractivity contribution in [1.29, 1.82) is 0 Å². The van der Waals surface area contributed by atoms with Gasteiger partial charge in [-0.2, -0.15) is 0 Å². The van der Waals surface area contributed by atoms with E-state index < -0.39 is 0 Å². The van der Waals surface area contributed by atoms with Crippen molar-refractivity contribution in [3.63, 3.8) is 0 Å². The third-order valence-corrected chi connectivity index (χ3v) is 5.00. The fourth-order valence-electron chi connectivity index (χ4n) is 3.73. The van der Waals surface area contributed by atoms with Crippen LogP contribution in [0.1, 0.15) is 50.9 Å². The highest BCUT2D eigenvalue weighted by Crippen LogP contribution is 2.21. The van der Waals surface area contributed by atoms with Gasteiger partial charge in [0.15, 0.2) is 0 Å². The van der Waals surface area contributed by atoms with E-state index >= 15 is 0 Å². The number of para-hydroxylation sites is 2. The Morgan fingerprint density at radius 2 is 1.96 bits per heavy atom. The number of benzene rings is 1. The zero-order chi connectivity index (χ0) is 19.2. The monoisotopic (exact) mass is 372 g/mol. The number of imidazole rings is 1. The van der Waals surface area contributed by atoms with Crippen LogP contribution in [0.25, 0.3) is 11.0 Å². The fourth-order valence-corrected chi connectivity index (χ4v) is 3.73. The molecule has 2 N–H and O–H groups in total. The summed E-state index contributed by atoms with van der Waals surface area (Å²) in [6, 6.07) is 7.64. The minimum absolute atomic E-state index is 0.00721. The van der Waals surface area contributed by atoms with Crippen LogP contribution in [0.2, 0.25) is 0 Å². The van der Waals surface area contributed by atoms with Gasteiger partial charge < -0.3 is 19.9 Å². The van der Waals surface area contributed by atoms with Crippen LogP contribution in [-0.4, -0.2) is 41.1 Å². The molecule has 0 spiro atoms. The Morgan fingerprint density at radius 1 is 1.22 bits per heavy atom. The highest BCUT2D eigenvalue weighted by Gasteiger charge is 2.21. The standard InChI is InChI=1S/C20H28N4O3/c1-14(21-19(26)13-27-2)20-23-16-10-6-7-11-17(16)24(20)12-18(25)22-15-8-4-3-5-9-15/h6-7,10-11,14-15H,3-5,8-9,12-13H2,1-2H3,(H,21,26)(H,22,25). The van der Waals surface area contributed by atoms with Crippen molar-refractivity contribution in [1.82, 2.24) is 20.2 Å². The van der Waals surface area contributed by atoms with Gasteiger partial charge >= 0.3 is 0 Å². The summed E-state index contributed by atoms with van der Waals surface area (Å²) in [5.41, 5.74) is 1.70. The third kappa shape index (κ3) is 4.86. The zero-order valence-electron chi connectivity index (χ0n) is 16.0. The first-order valence-corrected chi connectivity index (χ1v) is 9.61. The molecule has 2 amide bonds. The molecule has 1 saturated carbocycles. The minimum atomic E-state index is -0.331. The Balaban J connectivity index is 1.79. The number of rotatable bonds is 7. The predicted molar refractivity (Wildman–Crippen MR) is 103 cm³/mol. The Hall–Kier alpha value is -2.41. The molecule has 1 aromatic carbocycles. The van der Waals surface area contributed by atoms with Crippen molar-refractivity contribution < 1.29 is 14.3 Å². The van der Waals surface area contributed by atoms with Gasteiger partial charge in [0.2, 0.25) is 11.8 Å². The molecule has 1 aliphatic carbocycles. The van der Waals surface area contributed by atoms with Gasteiger partial charge in [0.1, 0.15) is 19.0 Å². The lowest BCUT2D eigenvalue weighted by Gasteiger charge is -2.23. The van der Waals surface area contributed by atoms with Crippen LogP contribution in [0.4, 0.5) is 0 Å². The van der Waals surface area contributed by atoms with Crippen molar-refractivity contribution in [3.05, 3.63) is 30.1 Å². The summed E-state index contributed by atoms with van der Waals surface area (Å²) in [6.45, 7) is 2.05. The average molecular weight is 372 g/mol. The van der Waals surface area contributed by atoms with E-state index in [-0.39, 0.29) is 37.0 Å². The quantitative estimate of drug-likeness (QED) is 0.781. The Kier molecular flexibility index (Phi) is 6.45. The van der Waals surface area contributed by atoms with Crippen LogP contribution < -0.4 is 10.6 Å². The second-order valence-corrected chi connectivity index (χ2v) is 7.17. The van der Waals surface area contributed by atoms with E-state index in [1.807, 2.05) is 35.8 Å². The molecule has 0 saturated heterocycles. The molecule has 0 radical (unpaired) electrons. The van der Waals surface area contributed by atoms with Crippen molar-refractivity contribution in [2.45, 2.75) is 57.7 Å². The first-order chi connectivity index (χ1) is 13.1. The highest BCUT2D eigenvalue weighted by molar-refractivity contribution is 5.82. The fraction of sp³-hybridized carbons (Fsp3) is 0.550. The number of amides is 2. The number of hydrogen-bond donors (Lipinski definition) is 2. The molecule has 3 rings (SSSR count). The van der Waals surface area contributed by atoms with Crippen LogP contribution in [0.15, 0.2) is 24.3 Å². The Morgan fingerprint density at radius 3 is 2.70 bits per heavy atom. The third-order valence-electron chi connectivity index (χ3n) is 5.00. The number of ether oxygens (including phenoxy) is 1. The number of carbonyl (C=O) groups excluding carboxylic acids is 2. The summed E-state index contributed by atoms with van der Waals surface area (Å²) in [4.78, 5) is 29.2. The second kappa shape index (κ2) is 8.99. The van der Waals surface area contributed by atoms with Crippen LogP contribution in [0.3, 0.4) is 0 Å². The largest absolute Gasteiger partial charge is 0.375 e. The molecule has 7 nitrogen and oxygen atoms in total. The molecule has 1 aliphatic rings. The van der Waals surface area contributed by atoms with Crippen molar-refractivity contribution in [2.75, 3.05) is 13.7 Å². The maximum atomic E-state index is 12.7. The summed E-state index contributed by atoms with van der Waals surface area (Å²) in [6.07, 6.45) is 5.69. The Labute approximate surface area is 159 Å². The first kappa shape index (κ1) is 19.4. The summed E-state index contributed by atoms with van der Waals surface area (Å²) in [5.74, 6) is 0.441. The van der Waals surface area contributed by atoms with E-state index in [0.29, 0.717) is 5.82 Å². The van der Waals surface area contributed by atoms with Gasteiger partial charge in [-0.05, 0) is 31.9 Å². The van der Waals surface area contributed by atoms with Gasteiger partial charge in [-0.3, -0.25) is 9.59 Å². The van der Waals surface area contributed by atoms with E-state index in [9.17, 15) is 9.59 Å². The first-order valence-electron chi connectivity index (χ1n) is 9.61. The topological polar surface area (TPSA) is 85.2 Å². The number of hydrogen-bond acceptors (Lipinski definition) is 4. The van der Waals surface area contributed by atoms with Crippen LogP contribution in [0, 0.1) is 0 Å². The normalized spacial score (nSPS) is 16.2. The SMILES string of the molecule is COCC(=O)NC(C)c1nc2ccccc2n1CC(=O)NC1CCCCC1. The average Bonchev–Trinajstić information content (AvgIpc) is 3.01. The molecule has 27 heavy (non-hydrogen) atoms. The number of nitrogens with zero attached hydrogens (tertiary/aromatic N) is 2. The van der Waals surface area contributed by atoms with Gasteiger partial charge in [0, 0.05) is 13.2 Å². The van der Waals surface area contributed by atoms with Gasteiger partial charge in [-0.15, -0.1) is 0 Å². The molecule has 0 bridgehead atoms. The van der Waals surface area contributed by atoms with E-state index in [1.54, 1.807) is 0 Å². The minimum Gasteiger partial charge on any atom is -0.375 e. The molecule has 146 valence electrons. The number of methoxy groups -OCH3 is 1. The molecule has 1 fully saturated rings. The van der Waals surface area contributed by atoms with E-state index in [1.165, 1.54) is 26.4 Å². The molecular formula is C20H28N4O3. The lowest BCUT2D eigenvalue weighted by molar-refractivity contribution is -0.125. The molecule has 1 aromatic heterocycles. The van der Waals surface area contributed by atoms with E-state index in [2.05, 4.69) is 15.6 Å². The van der Waals surface area contributed by atoms with E-state index in [4.69, 9.17) is 4.74 Å². The molecule has 1 heterocycles. The van der Waals surface area contributed by atoms with Crippen molar-refractivity contribution >= 4 is 22.8 Å². The van der Waals surface area contributed by atoms with Gasteiger partial charge in [0.25, 0.3) is 0 Å². The van der Waals surface area contributed by atoms with Gasteiger partial charge in [-0.1, -0.05) is 31.4 Å². The summed E-state index contributed by atoms with van der Waals surface area (Å²) >= 11 is 0. The molecule has 1 atom stereocenters. The highest BCUT2D eigenvalue weighted by atomic mass is 16.5. The number of aromatic nitrogens is 2. The molecule has 7 heteroatoms. The van der Waals surface area contributed by atoms with Crippen LogP contribution in [0.5, 0.6) is 0 Å². The van der Waals surface area contributed by atoms with Crippen LogP contribution in [-0.2, 0) is 20.9 Å². The maximum absolute atomic E-state index is 12.7. The lowest BCUT2D eigenvalue weighted by Crippen LogP contribution is -2.39. The summed E-state index contributed by atoms with van der Waals surface area (Å²) in [7, 11) is 1.48. The maximum Gasteiger partial charge on any atom is 0.246 e. The van der Waals surface area contributed by atoms with Gasteiger partial charge in [-0.25, -0.2) is 4.98 Å². The molecule has 0 aliphatic heterocycles. The number of nitrogens with one attached hydrogen (secondary N) is 2. The Bertz CT molecular complexity index is 796. The lowest BCUT2D eigenvalue weighted by atomic mass is 9.95. The smallest absolute Gasteiger partial charge is 0.246 e. The van der Waals surface area contributed by atoms with Crippen molar-refractivity contribution in [2.24, 2.45) is 0 Å². The molecule has 2 aromatic rings. The second-order valence-electron chi connectivity index (χ2n) is 7.17. The predicted octanol–water partition coefficient (Wildman–Crippen LogP) is 2.31. The van der Waals surface area contributed by atoms with Gasteiger partial charge in [0.05, 0.1) is 17.1 Å². The molecular weight excluding hydrogens is 344 g/mol. The summed E-state index contributed by atoms with van der Waals surface area (Å²) in [5, 5.41) is 6.03. The zero-order valence-corrected chi connectivity index (χ0v) is 16.0. The number of carbonyl (C=O) groups is 2.